The van der Waals surface area contributed by atoms with Crippen molar-refractivity contribution >= 4 is 5.69 Å². The molecule has 1 heterocycles. The summed E-state index contributed by atoms with van der Waals surface area (Å²) in [6.07, 6.45) is 1.69. The highest BCUT2D eigenvalue weighted by Crippen LogP contribution is 2.20. The number of benzene rings is 1. The molecule has 4 heteroatoms. The number of hydrogen-bond donors (Lipinski definition) is 1. The zero-order chi connectivity index (χ0) is 12.3. The number of nitrogens with zero attached hydrogens (tertiary/aromatic N) is 1. The van der Waals surface area contributed by atoms with E-state index in [0.717, 1.165) is 11.3 Å². The summed E-state index contributed by atoms with van der Waals surface area (Å²) >= 11 is 0. The standard InChI is InChI=1S/C13H13FN2O/c1-9-3-2-6-16-12(9)8-17-13-5-4-10(15)7-11(13)14/h2-7H,8,15H2,1H3. The van der Waals surface area contributed by atoms with E-state index in [-0.39, 0.29) is 12.4 Å². The van der Waals surface area contributed by atoms with Crippen molar-refractivity contribution in [3.05, 3.63) is 53.6 Å². The second-order valence-electron chi connectivity index (χ2n) is 3.75. The molecule has 2 rings (SSSR count). The summed E-state index contributed by atoms with van der Waals surface area (Å²) in [5, 5.41) is 0. The van der Waals surface area contributed by atoms with Gasteiger partial charge >= 0.3 is 0 Å². The number of nitrogen functional groups attached to an aromatic ring is 1. The molecule has 0 radical (unpaired) electrons. The second kappa shape index (κ2) is 4.82. The first kappa shape index (κ1) is 11.4. The molecule has 0 saturated carbocycles. The largest absolute Gasteiger partial charge is 0.484 e. The maximum absolute atomic E-state index is 13.4. The zero-order valence-corrected chi connectivity index (χ0v) is 9.48. The predicted molar refractivity (Wildman–Crippen MR) is 64.1 cm³/mol. The van der Waals surface area contributed by atoms with Crippen molar-refractivity contribution in [1.82, 2.24) is 4.98 Å². The zero-order valence-electron chi connectivity index (χ0n) is 9.48. The van der Waals surface area contributed by atoms with Crippen LogP contribution in [0.15, 0.2) is 36.5 Å². The van der Waals surface area contributed by atoms with Gasteiger partial charge in [0.25, 0.3) is 0 Å². The number of hydrogen-bond acceptors (Lipinski definition) is 3. The lowest BCUT2D eigenvalue weighted by atomic mass is 10.2. The van der Waals surface area contributed by atoms with E-state index in [0.29, 0.717) is 5.69 Å². The van der Waals surface area contributed by atoms with E-state index in [2.05, 4.69) is 4.98 Å². The minimum atomic E-state index is -0.460. The average molecular weight is 232 g/mol. The van der Waals surface area contributed by atoms with Crippen LogP contribution >= 0.6 is 0 Å². The van der Waals surface area contributed by atoms with Crippen LogP contribution in [-0.2, 0) is 6.61 Å². The molecule has 0 bridgehead atoms. The summed E-state index contributed by atoms with van der Waals surface area (Å²) in [6, 6.07) is 8.14. The van der Waals surface area contributed by atoms with Crippen LogP contribution in [0.25, 0.3) is 0 Å². The van der Waals surface area contributed by atoms with E-state index in [9.17, 15) is 4.39 Å². The van der Waals surface area contributed by atoms with Gasteiger partial charge in [-0.2, -0.15) is 0 Å². The highest BCUT2D eigenvalue weighted by molar-refractivity contribution is 5.42. The van der Waals surface area contributed by atoms with E-state index in [4.69, 9.17) is 10.5 Å². The van der Waals surface area contributed by atoms with Gasteiger partial charge in [-0.15, -0.1) is 0 Å². The number of aryl methyl sites for hydroxylation is 1. The molecule has 0 aliphatic carbocycles. The Bertz CT molecular complexity index is 529. The van der Waals surface area contributed by atoms with Crippen molar-refractivity contribution in [2.75, 3.05) is 5.73 Å². The quantitative estimate of drug-likeness (QED) is 0.828. The van der Waals surface area contributed by atoms with E-state index in [1.165, 1.54) is 12.1 Å². The van der Waals surface area contributed by atoms with Crippen LogP contribution in [0.3, 0.4) is 0 Å². The van der Waals surface area contributed by atoms with Crippen LogP contribution in [0, 0.1) is 12.7 Å². The maximum Gasteiger partial charge on any atom is 0.167 e. The topological polar surface area (TPSA) is 48.1 Å². The molecule has 0 amide bonds. The van der Waals surface area contributed by atoms with Crippen LogP contribution in [0.4, 0.5) is 10.1 Å². The molecule has 2 N–H and O–H groups in total. The third-order valence-electron chi connectivity index (χ3n) is 2.44. The highest BCUT2D eigenvalue weighted by Gasteiger charge is 2.05. The van der Waals surface area contributed by atoms with Crippen LogP contribution in [0.1, 0.15) is 11.3 Å². The number of aromatic nitrogens is 1. The fraction of sp³-hybridized carbons (Fsp3) is 0.154. The summed E-state index contributed by atoms with van der Waals surface area (Å²) < 4.78 is 18.8. The van der Waals surface area contributed by atoms with Crippen LogP contribution in [0.2, 0.25) is 0 Å². The Hall–Kier alpha value is -2.10. The van der Waals surface area contributed by atoms with Gasteiger partial charge in [-0.3, -0.25) is 4.98 Å². The normalized spacial score (nSPS) is 10.2. The van der Waals surface area contributed by atoms with Gasteiger partial charge in [0.15, 0.2) is 11.6 Å². The van der Waals surface area contributed by atoms with Gasteiger partial charge in [0.1, 0.15) is 6.61 Å². The molecule has 1 aromatic heterocycles. The Morgan fingerprint density at radius 1 is 1.35 bits per heavy atom. The van der Waals surface area contributed by atoms with E-state index < -0.39 is 5.82 Å². The van der Waals surface area contributed by atoms with Gasteiger partial charge in [-0.25, -0.2) is 4.39 Å². The Labute approximate surface area is 99.1 Å². The lowest BCUT2D eigenvalue weighted by Crippen LogP contribution is -2.02. The number of pyridine rings is 1. The minimum absolute atomic E-state index is 0.184. The lowest BCUT2D eigenvalue weighted by Gasteiger charge is -2.08. The fourth-order valence-electron chi connectivity index (χ4n) is 1.45. The second-order valence-corrected chi connectivity index (χ2v) is 3.75. The fourth-order valence-corrected chi connectivity index (χ4v) is 1.45. The summed E-state index contributed by atoms with van der Waals surface area (Å²) in [4.78, 5) is 4.17. The van der Waals surface area contributed by atoms with Gasteiger partial charge in [0, 0.05) is 18.0 Å². The van der Waals surface area contributed by atoms with E-state index in [1.54, 1.807) is 12.3 Å². The van der Waals surface area contributed by atoms with Gasteiger partial charge < -0.3 is 10.5 Å². The van der Waals surface area contributed by atoms with Gasteiger partial charge in [-0.1, -0.05) is 6.07 Å². The molecule has 1 aromatic carbocycles. The predicted octanol–water partition coefficient (Wildman–Crippen LogP) is 2.69. The summed E-state index contributed by atoms with van der Waals surface area (Å²) in [5.41, 5.74) is 7.64. The number of halogens is 1. The Kier molecular flexibility index (Phi) is 3.23. The van der Waals surface area contributed by atoms with Crippen LogP contribution in [-0.4, -0.2) is 4.98 Å². The first-order valence-electron chi connectivity index (χ1n) is 5.25. The molecule has 0 saturated heterocycles. The van der Waals surface area contributed by atoms with Gasteiger partial charge in [-0.05, 0) is 30.7 Å². The molecule has 3 nitrogen and oxygen atoms in total. The van der Waals surface area contributed by atoms with Crippen LogP contribution in [0.5, 0.6) is 5.75 Å². The third kappa shape index (κ3) is 2.72. The average Bonchev–Trinajstić information content (AvgIpc) is 2.30. The molecule has 0 aliphatic heterocycles. The Balaban J connectivity index is 2.10. The van der Waals surface area contributed by atoms with Crippen molar-refractivity contribution in [2.45, 2.75) is 13.5 Å². The molecular weight excluding hydrogens is 219 g/mol. The number of rotatable bonds is 3. The summed E-state index contributed by atoms with van der Waals surface area (Å²) in [7, 11) is 0. The SMILES string of the molecule is Cc1cccnc1COc1ccc(N)cc1F. The number of nitrogens with two attached hydrogens (primary N) is 1. The Morgan fingerprint density at radius 3 is 2.88 bits per heavy atom. The summed E-state index contributed by atoms with van der Waals surface area (Å²) in [6.45, 7) is 2.18. The molecule has 2 aromatic rings. The van der Waals surface area contributed by atoms with E-state index >= 15 is 0 Å². The van der Waals surface area contributed by atoms with Crippen molar-refractivity contribution < 1.29 is 9.13 Å². The highest BCUT2D eigenvalue weighted by atomic mass is 19.1. The number of ether oxygens (including phenoxy) is 1. The first-order chi connectivity index (χ1) is 8.16. The lowest BCUT2D eigenvalue weighted by molar-refractivity contribution is 0.285. The first-order valence-corrected chi connectivity index (χ1v) is 5.25. The monoisotopic (exact) mass is 232 g/mol. The molecule has 0 fully saturated rings. The van der Waals surface area contributed by atoms with Gasteiger partial charge in [0.2, 0.25) is 0 Å². The third-order valence-corrected chi connectivity index (χ3v) is 2.44. The Morgan fingerprint density at radius 2 is 2.18 bits per heavy atom. The molecule has 88 valence electrons. The maximum atomic E-state index is 13.4. The molecular formula is C13H13FN2O. The molecule has 17 heavy (non-hydrogen) atoms. The van der Waals surface area contributed by atoms with Gasteiger partial charge in [0.05, 0.1) is 5.69 Å². The smallest absolute Gasteiger partial charge is 0.167 e. The molecule has 0 atom stereocenters. The van der Waals surface area contributed by atoms with Crippen molar-refractivity contribution in [1.29, 1.82) is 0 Å². The van der Waals surface area contributed by atoms with Crippen molar-refractivity contribution in [2.24, 2.45) is 0 Å². The molecule has 0 unspecified atom stereocenters. The van der Waals surface area contributed by atoms with E-state index in [1.807, 2.05) is 19.1 Å². The molecule has 0 aliphatic rings. The summed E-state index contributed by atoms with van der Waals surface area (Å²) in [5.74, 6) is -0.275. The van der Waals surface area contributed by atoms with Crippen LogP contribution < -0.4 is 10.5 Å². The molecule has 0 spiro atoms. The van der Waals surface area contributed by atoms with Crippen molar-refractivity contribution in [3.63, 3.8) is 0 Å². The minimum Gasteiger partial charge on any atom is -0.484 e. The number of anilines is 1. The van der Waals surface area contributed by atoms with Crippen molar-refractivity contribution in [3.8, 4) is 5.75 Å².